The summed E-state index contributed by atoms with van der Waals surface area (Å²) in [6.07, 6.45) is 0.923. The van der Waals surface area contributed by atoms with Crippen LogP contribution in [-0.4, -0.2) is 23.0 Å². The second-order valence-electron chi connectivity index (χ2n) is 2.79. The lowest BCUT2D eigenvalue weighted by Crippen LogP contribution is -2.36. The van der Waals surface area contributed by atoms with E-state index < -0.39 is 0 Å². The molecule has 0 saturated heterocycles. The molecule has 0 heterocycles. The van der Waals surface area contributed by atoms with Crippen LogP contribution in [0.25, 0.3) is 0 Å². The van der Waals surface area contributed by atoms with E-state index in [1.54, 1.807) is 11.8 Å². The van der Waals surface area contributed by atoms with Gasteiger partial charge in [-0.3, -0.25) is 10.2 Å². The number of rotatable bonds is 5. The van der Waals surface area contributed by atoms with Crippen molar-refractivity contribution in [2.45, 2.75) is 31.6 Å². The highest BCUT2D eigenvalue weighted by atomic mass is 32.2. The second kappa shape index (κ2) is 6.28. The van der Waals surface area contributed by atoms with E-state index in [4.69, 9.17) is 11.6 Å². The fraction of sp³-hybridized carbons (Fsp3) is 0.857. The highest BCUT2D eigenvalue weighted by Gasteiger charge is 2.10. The number of carbonyl (C=O) groups excluding carboxylic acids is 1. The van der Waals surface area contributed by atoms with Crippen LogP contribution < -0.4 is 17.0 Å². The fourth-order valence-electron chi connectivity index (χ4n) is 0.624. The Bertz CT molecular complexity index is 141. The highest BCUT2D eigenvalue weighted by Crippen LogP contribution is 2.11. The SMILES string of the molecule is CC(N)CCSC(C)C(=O)NN. The van der Waals surface area contributed by atoms with Crippen LogP contribution in [-0.2, 0) is 4.79 Å². The highest BCUT2D eigenvalue weighted by molar-refractivity contribution is 8.00. The van der Waals surface area contributed by atoms with E-state index in [1.165, 1.54) is 0 Å². The molecule has 0 aliphatic heterocycles. The van der Waals surface area contributed by atoms with Gasteiger partial charge in [0.05, 0.1) is 5.25 Å². The number of carbonyl (C=O) groups is 1. The maximum atomic E-state index is 10.9. The molecule has 2 atom stereocenters. The monoisotopic (exact) mass is 191 g/mol. The predicted octanol–water partition coefficient (Wildman–Crippen LogP) is -0.165. The number of hydrazine groups is 1. The summed E-state index contributed by atoms with van der Waals surface area (Å²) in [5, 5.41) is -0.0891. The van der Waals surface area contributed by atoms with E-state index in [9.17, 15) is 4.79 Å². The zero-order chi connectivity index (χ0) is 9.56. The molecule has 0 saturated carbocycles. The van der Waals surface area contributed by atoms with Gasteiger partial charge in [0.15, 0.2) is 0 Å². The first-order valence-electron chi connectivity index (χ1n) is 3.95. The summed E-state index contributed by atoms with van der Waals surface area (Å²) in [4.78, 5) is 10.9. The minimum atomic E-state index is -0.135. The van der Waals surface area contributed by atoms with Gasteiger partial charge in [0.25, 0.3) is 0 Å². The van der Waals surface area contributed by atoms with E-state index in [1.807, 2.05) is 13.8 Å². The average Bonchev–Trinajstić information content (AvgIpc) is 2.02. The third-order valence-corrected chi connectivity index (χ3v) is 2.64. The van der Waals surface area contributed by atoms with Crippen molar-refractivity contribution in [3.63, 3.8) is 0 Å². The summed E-state index contributed by atoms with van der Waals surface area (Å²) in [5.41, 5.74) is 7.66. The molecule has 0 aliphatic rings. The predicted molar refractivity (Wildman–Crippen MR) is 52.5 cm³/mol. The largest absolute Gasteiger partial charge is 0.328 e. The van der Waals surface area contributed by atoms with Crippen molar-refractivity contribution >= 4 is 17.7 Å². The molecule has 5 N–H and O–H groups in total. The molecule has 0 bridgehead atoms. The van der Waals surface area contributed by atoms with Gasteiger partial charge < -0.3 is 5.73 Å². The molecule has 0 spiro atoms. The molecule has 4 nitrogen and oxygen atoms in total. The van der Waals surface area contributed by atoms with Crippen molar-refractivity contribution < 1.29 is 4.79 Å². The minimum absolute atomic E-state index is 0.0891. The molecule has 0 radical (unpaired) electrons. The normalized spacial score (nSPS) is 15.3. The number of nitrogens with one attached hydrogen (secondary N) is 1. The standard InChI is InChI=1S/C7H17N3OS/c1-5(8)3-4-12-6(2)7(11)10-9/h5-6H,3-4,8-9H2,1-2H3,(H,10,11). The molecule has 0 rings (SSSR count). The van der Waals surface area contributed by atoms with Crippen LogP contribution in [0, 0.1) is 0 Å². The van der Waals surface area contributed by atoms with Gasteiger partial charge in [-0.25, -0.2) is 5.84 Å². The first kappa shape index (κ1) is 11.7. The lowest BCUT2D eigenvalue weighted by molar-refractivity contribution is -0.120. The number of hydrogen-bond donors (Lipinski definition) is 3. The number of hydrogen-bond acceptors (Lipinski definition) is 4. The van der Waals surface area contributed by atoms with E-state index in [2.05, 4.69) is 5.43 Å². The summed E-state index contributed by atoms with van der Waals surface area (Å²) in [6.45, 7) is 3.78. The second-order valence-corrected chi connectivity index (χ2v) is 4.24. The Hall–Kier alpha value is -0.260. The Morgan fingerprint density at radius 3 is 2.58 bits per heavy atom. The van der Waals surface area contributed by atoms with Crippen LogP contribution >= 0.6 is 11.8 Å². The number of thioether (sulfide) groups is 1. The molecule has 72 valence electrons. The van der Waals surface area contributed by atoms with Gasteiger partial charge in [-0.15, -0.1) is 11.8 Å². The van der Waals surface area contributed by atoms with Gasteiger partial charge in [0.1, 0.15) is 0 Å². The quantitative estimate of drug-likeness (QED) is 0.320. The van der Waals surface area contributed by atoms with E-state index in [-0.39, 0.29) is 17.2 Å². The van der Waals surface area contributed by atoms with Crippen molar-refractivity contribution in [1.82, 2.24) is 5.43 Å². The first-order chi connectivity index (χ1) is 5.57. The molecule has 0 aromatic heterocycles. The molecule has 0 fully saturated rings. The van der Waals surface area contributed by atoms with Crippen molar-refractivity contribution in [2.75, 3.05) is 5.75 Å². The summed E-state index contributed by atoms with van der Waals surface area (Å²) >= 11 is 1.57. The zero-order valence-electron chi connectivity index (χ0n) is 7.54. The maximum absolute atomic E-state index is 10.9. The lowest BCUT2D eigenvalue weighted by atomic mass is 10.3. The number of amides is 1. The Labute approximate surface area is 77.4 Å². The summed E-state index contributed by atoms with van der Waals surface area (Å²) in [6, 6.07) is 0.200. The van der Waals surface area contributed by atoms with Crippen LogP contribution in [0.15, 0.2) is 0 Å². The first-order valence-corrected chi connectivity index (χ1v) is 5.00. The molecular weight excluding hydrogens is 174 g/mol. The van der Waals surface area contributed by atoms with Gasteiger partial charge >= 0.3 is 0 Å². The van der Waals surface area contributed by atoms with Crippen molar-refractivity contribution in [3.05, 3.63) is 0 Å². The van der Waals surface area contributed by atoms with Gasteiger partial charge in [-0.1, -0.05) is 0 Å². The molecule has 2 unspecified atom stereocenters. The van der Waals surface area contributed by atoms with E-state index in [0.29, 0.717) is 0 Å². The fourth-order valence-corrected chi connectivity index (χ4v) is 1.70. The third-order valence-electron chi connectivity index (χ3n) is 1.45. The van der Waals surface area contributed by atoms with Crippen LogP contribution in [0.1, 0.15) is 20.3 Å². The Morgan fingerprint density at radius 1 is 1.58 bits per heavy atom. The van der Waals surface area contributed by atoms with Crippen molar-refractivity contribution in [3.8, 4) is 0 Å². The topological polar surface area (TPSA) is 81.1 Å². The van der Waals surface area contributed by atoms with Gasteiger partial charge in [-0.2, -0.15) is 0 Å². The molecule has 5 heteroatoms. The van der Waals surface area contributed by atoms with E-state index in [0.717, 1.165) is 12.2 Å². The molecule has 0 aliphatic carbocycles. The third kappa shape index (κ3) is 5.40. The van der Waals surface area contributed by atoms with Gasteiger partial charge in [0.2, 0.25) is 5.91 Å². The molecular formula is C7H17N3OS. The van der Waals surface area contributed by atoms with Crippen LogP contribution in [0.4, 0.5) is 0 Å². The van der Waals surface area contributed by atoms with Crippen molar-refractivity contribution in [1.29, 1.82) is 0 Å². The summed E-state index contributed by atoms with van der Waals surface area (Å²) < 4.78 is 0. The maximum Gasteiger partial charge on any atom is 0.246 e. The Morgan fingerprint density at radius 2 is 2.17 bits per heavy atom. The molecule has 12 heavy (non-hydrogen) atoms. The Kier molecular flexibility index (Phi) is 6.14. The average molecular weight is 191 g/mol. The molecule has 1 amide bonds. The molecule has 0 aromatic carbocycles. The van der Waals surface area contributed by atoms with Gasteiger partial charge in [-0.05, 0) is 26.0 Å². The van der Waals surface area contributed by atoms with Crippen LogP contribution in [0.3, 0.4) is 0 Å². The van der Waals surface area contributed by atoms with E-state index >= 15 is 0 Å². The van der Waals surface area contributed by atoms with Crippen molar-refractivity contribution in [2.24, 2.45) is 11.6 Å². The summed E-state index contributed by atoms with van der Waals surface area (Å²) in [5.74, 6) is 5.73. The molecule has 0 aromatic rings. The minimum Gasteiger partial charge on any atom is -0.328 e. The van der Waals surface area contributed by atoms with Crippen LogP contribution in [0.2, 0.25) is 0 Å². The van der Waals surface area contributed by atoms with Crippen LogP contribution in [0.5, 0.6) is 0 Å². The number of nitrogens with two attached hydrogens (primary N) is 2. The smallest absolute Gasteiger partial charge is 0.246 e. The summed E-state index contributed by atoms with van der Waals surface area (Å²) in [7, 11) is 0. The lowest BCUT2D eigenvalue weighted by Gasteiger charge is -2.09. The van der Waals surface area contributed by atoms with Gasteiger partial charge in [0, 0.05) is 6.04 Å². The Balaban J connectivity index is 3.43. The zero-order valence-corrected chi connectivity index (χ0v) is 8.36.